The van der Waals surface area contributed by atoms with Gasteiger partial charge in [-0.05, 0) is 24.9 Å². The van der Waals surface area contributed by atoms with E-state index in [2.05, 4.69) is 48.7 Å². The van der Waals surface area contributed by atoms with Gasteiger partial charge in [-0.3, -0.25) is 9.59 Å². The second-order valence-corrected chi connectivity index (χ2v) is 7.42. The molecule has 0 radical (unpaired) electrons. The molecule has 10 nitrogen and oxygen atoms in total. The molecule has 2 N–H and O–H groups in total. The van der Waals surface area contributed by atoms with E-state index in [1.54, 1.807) is 13.2 Å². The van der Waals surface area contributed by atoms with Crippen LogP contribution < -0.4 is 20.5 Å². The van der Waals surface area contributed by atoms with Crippen LogP contribution in [0.25, 0.3) is 6.08 Å². The largest absolute Gasteiger partial charge is 0.479 e. The molecular weight excluding hydrogens is 394 g/mol. The summed E-state index contributed by atoms with van der Waals surface area (Å²) in [6, 6.07) is 1.21. The fraction of sp³-hybridized carbons (Fsp3) is 0.389. The normalized spacial score (nSPS) is 14.5. The summed E-state index contributed by atoms with van der Waals surface area (Å²) in [6.07, 6.45) is 1.66. The van der Waals surface area contributed by atoms with Gasteiger partial charge in [-0.2, -0.15) is 4.98 Å². The van der Waals surface area contributed by atoms with Crippen molar-refractivity contribution in [3.05, 3.63) is 28.7 Å². The van der Waals surface area contributed by atoms with Crippen LogP contribution in [0.5, 0.6) is 5.88 Å². The van der Waals surface area contributed by atoms with Gasteiger partial charge in [-0.15, -0.1) is 0 Å². The standard InChI is InChI=1S/C18H23N7O3S/c1-5-12-15(25-8-6-24(3)7-9-25)16(28-4)23-17(20-12)29-18-21-13(19-11(2)26)10-14(27)22-18/h5,10H,1,6-9H2,2-4H3,(H2,19,21,22,26,27). The Bertz CT molecular complexity index is 970. The molecule has 11 heteroatoms. The molecular formula is C18H23N7O3S. The smallest absolute Gasteiger partial charge is 0.253 e. The molecule has 0 aromatic carbocycles. The Balaban J connectivity index is 1.93. The lowest BCUT2D eigenvalue weighted by Gasteiger charge is -2.34. The summed E-state index contributed by atoms with van der Waals surface area (Å²) >= 11 is 1.06. The van der Waals surface area contributed by atoms with E-state index >= 15 is 0 Å². The van der Waals surface area contributed by atoms with Gasteiger partial charge >= 0.3 is 0 Å². The number of nitrogens with one attached hydrogen (secondary N) is 2. The van der Waals surface area contributed by atoms with Crippen molar-refractivity contribution in [2.24, 2.45) is 0 Å². The van der Waals surface area contributed by atoms with E-state index in [1.165, 1.54) is 13.0 Å². The minimum Gasteiger partial charge on any atom is -0.479 e. The maximum absolute atomic E-state index is 11.9. The zero-order valence-corrected chi connectivity index (χ0v) is 17.4. The van der Waals surface area contributed by atoms with E-state index in [0.717, 1.165) is 43.6 Å². The van der Waals surface area contributed by atoms with Crippen molar-refractivity contribution in [1.29, 1.82) is 0 Å². The number of rotatable bonds is 6. The molecule has 0 atom stereocenters. The third-order valence-electron chi connectivity index (χ3n) is 4.28. The second kappa shape index (κ2) is 9.05. The first-order valence-corrected chi connectivity index (χ1v) is 9.80. The molecule has 1 saturated heterocycles. The van der Waals surface area contributed by atoms with Crippen LogP contribution in [-0.4, -0.2) is 71.1 Å². The average molecular weight is 417 g/mol. The van der Waals surface area contributed by atoms with Crippen LogP contribution in [0.1, 0.15) is 12.6 Å². The minimum atomic E-state index is -0.392. The first-order valence-electron chi connectivity index (χ1n) is 8.98. The van der Waals surface area contributed by atoms with Gasteiger partial charge < -0.3 is 24.8 Å². The van der Waals surface area contributed by atoms with Gasteiger partial charge in [0.15, 0.2) is 10.3 Å². The number of nitrogens with zero attached hydrogens (tertiary/aromatic N) is 5. The molecule has 0 unspecified atom stereocenters. The van der Waals surface area contributed by atoms with Crippen LogP contribution in [0.4, 0.5) is 11.5 Å². The number of aromatic nitrogens is 4. The summed E-state index contributed by atoms with van der Waals surface area (Å²) in [5.74, 6) is 0.276. The second-order valence-electron chi connectivity index (χ2n) is 6.46. The fourth-order valence-electron chi connectivity index (χ4n) is 2.90. The first kappa shape index (κ1) is 20.8. The Labute approximate surface area is 172 Å². The summed E-state index contributed by atoms with van der Waals surface area (Å²) < 4.78 is 5.53. The molecule has 3 rings (SSSR count). The van der Waals surface area contributed by atoms with Gasteiger partial charge in [0.1, 0.15) is 11.5 Å². The van der Waals surface area contributed by atoms with Gasteiger partial charge in [0, 0.05) is 39.2 Å². The molecule has 0 spiro atoms. The van der Waals surface area contributed by atoms with Gasteiger partial charge in [-0.1, -0.05) is 6.58 Å². The van der Waals surface area contributed by atoms with E-state index in [-0.39, 0.29) is 16.9 Å². The third-order valence-corrected chi connectivity index (χ3v) is 5.03. The summed E-state index contributed by atoms with van der Waals surface area (Å²) in [6.45, 7) is 8.73. The Kier molecular flexibility index (Phi) is 6.49. The summed E-state index contributed by atoms with van der Waals surface area (Å²) in [7, 11) is 3.64. The lowest BCUT2D eigenvalue weighted by atomic mass is 10.2. The predicted octanol–water partition coefficient (Wildman–Crippen LogP) is 1.07. The molecule has 1 aliphatic rings. The Morgan fingerprint density at radius 1 is 1.31 bits per heavy atom. The molecule has 2 aromatic rings. The van der Waals surface area contributed by atoms with Crippen LogP contribution in [0.15, 0.2) is 27.8 Å². The summed E-state index contributed by atoms with van der Waals surface area (Å²) in [5.41, 5.74) is 1.05. The zero-order chi connectivity index (χ0) is 21.0. The number of amides is 1. The highest BCUT2D eigenvalue weighted by molar-refractivity contribution is 7.99. The van der Waals surface area contributed by atoms with Crippen molar-refractivity contribution in [3.63, 3.8) is 0 Å². The van der Waals surface area contributed by atoms with E-state index in [9.17, 15) is 9.59 Å². The van der Waals surface area contributed by atoms with Crippen molar-refractivity contribution >= 4 is 35.3 Å². The maximum Gasteiger partial charge on any atom is 0.253 e. The summed E-state index contributed by atoms with van der Waals surface area (Å²) in [5, 5.41) is 3.10. The topological polar surface area (TPSA) is 116 Å². The van der Waals surface area contributed by atoms with Crippen LogP contribution in [0.3, 0.4) is 0 Å². The van der Waals surface area contributed by atoms with Crippen molar-refractivity contribution < 1.29 is 9.53 Å². The van der Waals surface area contributed by atoms with Crippen LogP contribution >= 0.6 is 11.8 Å². The third kappa shape index (κ3) is 5.12. The Hall–Kier alpha value is -2.92. The Morgan fingerprint density at radius 2 is 2.03 bits per heavy atom. The number of likely N-dealkylation sites (N-methyl/N-ethyl adjacent to an activating group) is 1. The molecule has 1 aliphatic heterocycles. The predicted molar refractivity (Wildman–Crippen MR) is 112 cm³/mol. The van der Waals surface area contributed by atoms with E-state index in [4.69, 9.17) is 4.74 Å². The fourth-order valence-corrected chi connectivity index (χ4v) is 3.64. The Morgan fingerprint density at radius 3 is 2.66 bits per heavy atom. The monoisotopic (exact) mass is 417 g/mol. The molecule has 0 saturated carbocycles. The van der Waals surface area contributed by atoms with Gasteiger partial charge in [0.25, 0.3) is 5.56 Å². The van der Waals surface area contributed by atoms with Crippen molar-refractivity contribution in [2.45, 2.75) is 17.2 Å². The molecule has 1 amide bonds. The van der Waals surface area contributed by atoms with Crippen molar-refractivity contribution in [2.75, 3.05) is 50.6 Å². The number of methoxy groups -OCH3 is 1. The SMILES string of the molecule is C=Cc1nc(Sc2nc(NC(C)=O)cc(=O)[nH]2)nc(OC)c1N1CCN(C)CC1. The zero-order valence-electron chi connectivity index (χ0n) is 16.6. The number of hydrogen-bond donors (Lipinski definition) is 2. The highest BCUT2D eigenvalue weighted by atomic mass is 32.2. The van der Waals surface area contributed by atoms with E-state index in [0.29, 0.717) is 16.7 Å². The van der Waals surface area contributed by atoms with Crippen LogP contribution in [0, 0.1) is 0 Å². The first-order chi connectivity index (χ1) is 13.9. The molecule has 0 bridgehead atoms. The van der Waals surface area contributed by atoms with Crippen molar-refractivity contribution in [1.82, 2.24) is 24.8 Å². The van der Waals surface area contributed by atoms with E-state index in [1.807, 2.05) is 0 Å². The number of carbonyl (C=O) groups excluding carboxylic acids is 1. The number of anilines is 2. The average Bonchev–Trinajstić information content (AvgIpc) is 2.67. The van der Waals surface area contributed by atoms with E-state index < -0.39 is 5.56 Å². The highest BCUT2D eigenvalue weighted by Gasteiger charge is 2.23. The van der Waals surface area contributed by atoms with Gasteiger partial charge in [-0.25, -0.2) is 9.97 Å². The number of aromatic amines is 1. The molecule has 0 aliphatic carbocycles. The highest BCUT2D eigenvalue weighted by Crippen LogP contribution is 2.34. The number of ether oxygens (including phenoxy) is 1. The number of carbonyl (C=O) groups is 1. The number of piperazine rings is 1. The molecule has 2 aromatic heterocycles. The van der Waals surface area contributed by atoms with Gasteiger partial charge in [0.2, 0.25) is 11.8 Å². The molecule has 154 valence electrons. The van der Waals surface area contributed by atoms with Crippen LogP contribution in [0.2, 0.25) is 0 Å². The van der Waals surface area contributed by atoms with Crippen LogP contribution in [-0.2, 0) is 4.79 Å². The molecule has 1 fully saturated rings. The molecule has 3 heterocycles. The lowest BCUT2D eigenvalue weighted by molar-refractivity contribution is -0.114. The number of H-pyrrole nitrogens is 1. The number of hydrogen-bond acceptors (Lipinski definition) is 9. The quantitative estimate of drug-likeness (QED) is 0.666. The maximum atomic E-state index is 11.9. The van der Waals surface area contributed by atoms with Crippen molar-refractivity contribution in [3.8, 4) is 5.88 Å². The van der Waals surface area contributed by atoms with Gasteiger partial charge in [0.05, 0.1) is 12.8 Å². The summed E-state index contributed by atoms with van der Waals surface area (Å²) in [4.78, 5) is 43.4. The lowest BCUT2D eigenvalue weighted by Crippen LogP contribution is -2.45. The minimum absolute atomic E-state index is 0.161. The molecule has 29 heavy (non-hydrogen) atoms.